The third-order valence-corrected chi connectivity index (χ3v) is 4.10. The molecule has 0 aromatic heterocycles. The predicted octanol–water partition coefficient (Wildman–Crippen LogP) is 4.70. The lowest BCUT2D eigenvalue weighted by Gasteiger charge is -2.25. The summed E-state index contributed by atoms with van der Waals surface area (Å²) in [7, 11) is 0. The number of hydrogen-bond donors (Lipinski definition) is 1. The van der Waals surface area contributed by atoms with Crippen molar-refractivity contribution in [1.82, 2.24) is 5.32 Å². The fourth-order valence-electron chi connectivity index (χ4n) is 3.17. The van der Waals surface area contributed by atoms with Gasteiger partial charge in [0.25, 0.3) is 0 Å². The van der Waals surface area contributed by atoms with E-state index in [0.717, 1.165) is 18.2 Å². The number of ether oxygens (including phenoxy) is 1. The van der Waals surface area contributed by atoms with E-state index in [1.165, 1.54) is 37.7 Å². The Bertz CT molecular complexity index is 379. The van der Waals surface area contributed by atoms with Gasteiger partial charge < -0.3 is 10.1 Å². The molecule has 2 nitrogen and oxygen atoms in total. The van der Waals surface area contributed by atoms with E-state index in [9.17, 15) is 0 Å². The molecule has 0 spiro atoms. The van der Waals surface area contributed by atoms with Crippen LogP contribution in [0.4, 0.5) is 0 Å². The van der Waals surface area contributed by atoms with Gasteiger partial charge in [-0.3, -0.25) is 0 Å². The van der Waals surface area contributed by atoms with Gasteiger partial charge in [0.1, 0.15) is 5.75 Å². The van der Waals surface area contributed by atoms with E-state index < -0.39 is 0 Å². The minimum Gasteiger partial charge on any atom is -0.491 e. The molecular weight excluding hydrogens is 246 g/mol. The van der Waals surface area contributed by atoms with Crippen molar-refractivity contribution in [3.63, 3.8) is 0 Å². The van der Waals surface area contributed by atoms with Gasteiger partial charge in [-0.25, -0.2) is 0 Å². The zero-order valence-electron chi connectivity index (χ0n) is 13.2. The Morgan fingerprint density at radius 1 is 1.15 bits per heavy atom. The van der Waals surface area contributed by atoms with E-state index in [1.807, 2.05) is 0 Å². The summed E-state index contributed by atoms with van der Waals surface area (Å²) in [4.78, 5) is 0. The molecular formula is C18H29NO. The topological polar surface area (TPSA) is 21.3 Å². The van der Waals surface area contributed by atoms with Crippen LogP contribution in [0.3, 0.4) is 0 Å². The van der Waals surface area contributed by atoms with Crippen molar-refractivity contribution in [2.45, 2.75) is 65.0 Å². The van der Waals surface area contributed by atoms with Gasteiger partial charge in [-0.2, -0.15) is 0 Å². The van der Waals surface area contributed by atoms with Crippen LogP contribution in [-0.4, -0.2) is 12.6 Å². The average Bonchev–Trinajstić information content (AvgIpc) is 2.94. The van der Waals surface area contributed by atoms with Crippen molar-refractivity contribution in [2.24, 2.45) is 5.92 Å². The van der Waals surface area contributed by atoms with Crippen molar-refractivity contribution in [2.75, 3.05) is 6.54 Å². The average molecular weight is 275 g/mol. The Hall–Kier alpha value is -1.02. The molecule has 20 heavy (non-hydrogen) atoms. The van der Waals surface area contributed by atoms with Crippen molar-refractivity contribution in [3.8, 4) is 5.75 Å². The third kappa shape index (κ3) is 4.24. The van der Waals surface area contributed by atoms with Gasteiger partial charge in [0.2, 0.25) is 0 Å². The molecule has 0 aliphatic heterocycles. The lowest BCUT2D eigenvalue weighted by atomic mass is 9.91. The highest BCUT2D eigenvalue weighted by molar-refractivity contribution is 5.30. The zero-order valence-corrected chi connectivity index (χ0v) is 13.2. The quantitative estimate of drug-likeness (QED) is 0.778. The molecule has 1 saturated carbocycles. The lowest BCUT2D eigenvalue weighted by molar-refractivity contribution is 0.242. The van der Waals surface area contributed by atoms with Gasteiger partial charge >= 0.3 is 0 Å². The van der Waals surface area contributed by atoms with Crippen LogP contribution in [0.2, 0.25) is 0 Å². The number of hydrogen-bond acceptors (Lipinski definition) is 2. The molecule has 2 heteroatoms. The molecule has 1 aliphatic rings. The second-order valence-corrected chi connectivity index (χ2v) is 6.21. The summed E-state index contributed by atoms with van der Waals surface area (Å²) in [6.45, 7) is 7.47. The van der Waals surface area contributed by atoms with Crippen molar-refractivity contribution >= 4 is 0 Å². The van der Waals surface area contributed by atoms with E-state index in [-0.39, 0.29) is 6.10 Å². The monoisotopic (exact) mass is 275 g/mol. The van der Waals surface area contributed by atoms with E-state index in [0.29, 0.717) is 6.04 Å². The predicted molar refractivity (Wildman–Crippen MR) is 85.2 cm³/mol. The minimum atomic E-state index is 0.240. The van der Waals surface area contributed by atoms with Gasteiger partial charge in [-0.1, -0.05) is 31.9 Å². The smallest absolute Gasteiger partial charge is 0.119 e. The summed E-state index contributed by atoms with van der Waals surface area (Å²) < 4.78 is 5.74. The molecule has 1 aliphatic carbocycles. The molecule has 1 N–H and O–H groups in total. The number of rotatable bonds is 7. The van der Waals surface area contributed by atoms with Crippen molar-refractivity contribution in [1.29, 1.82) is 0 Å². The first kappa shape index (κ1) is 15.4. The summed E-state index contributed by atoms with van der Waals surface area (Å²) in [6, 6.07) is 9.23. The molecule has 1 aromatic rings. The van der Waals surface area contributed by atoms with Gasteiger partial charge in [0.15, 0.2) is 0 Å². The Labute approximate surface area is 123 Å². The summed E-state index contributed by atoms with van der Waals surface area (Å²) in [5, 5.41) is 3.75. The van der Waals surface area contributed by atoms with Crippen LogP contribution in [-0.2, 0) is 0 Å². The normalized spacial score (nSPS) is 17.6. The maximum absolute atomic E-state index is 5.74. The van der Waals surface area contributed by atoms with E-state index in [1.54, 1.807) is 0 Å². The van der Waals surface area contributed by atoms with Crippen LogP contribution in [0.5, 0.6) is 5.75 Å². The first-order valence-corrected chi connectivity index (χ1v) is 8.20. The molecule has 0 amide bonds. The van der Waals surface area contributed by atoms with Crippen LogP contribution in [0, 0.1) is 5.92 Å². The maximum atomic E-state index is 5.74. The first-order valence-electron chi connectivity index (χ1n) is 8.20. The van der Waals surface area contributed by atoms with Gasteiger partial charge in [0.05, 0.1) is 6.10 Å². The van der Waals surface area contributed by atoms with E-state index in [4.69, 9.17) is 4.74 Å². The largest absolute Gasteiger partial charge is 0.491 e. The van der Waals surface area contributed by atoms with Gasteiger partial charge in [-0.15, -0.1) is 0 Å². The summed E-state index contributed by atoms with van der Waals surface area (Å²) in [6.07, 6.45) is 6.95. The Morgan fingerprint density at radius 2 is 1.80 bits per heavy atom. The lowest BCUT2D eigenvalue weighted by Crippen LogP contribution is -2.27. The zero-order chi connectivity index (χ0) is 14.4. The SMILES string of the molecule is CCCNC(c1ccc(OC(C)C)cc1)C1CCCC1. The van der Waals surface area contributed by atoms with Crippen LogP contribution < -0.4 is 10.1 Å². The minimum absolute atomic E-state index is 0.240. The highest BCUT2D eigenvalue weighted by Crippen LogP contribution is 2.36. The molecule has 2 rings (SSSR count). The second kappa shape index (κ2) is 7.68. The van der Waals surface area contributed by atoms with Crippen LogP contribution in [0.15, 0.2) is 24.3 Å². The van der Waals surface area contributed by atoms with Crippen molar-refractivity contribution in [3.05, 3.63) is 29.8 Å². The molecule has 0 radical (unpaired) electrons. The van der Waals surface area contributed by atoms with Crippen molar-refractivity contribution < 1.29 is 4.74 Å². The molecule has 1 fully saturated rings. The molecule has 0 saturated heterocycles. The number of benzene rings is 1. The third-order valence-electron chi connectivity index (χ3n) is 4.10. The Morgan fingerprint density at radius 3 is 2.35 bits per heavy atom. The molecule has 1 atom stereocenters. The van der Waals surface area contributed by atoms with Crippen LogP contribution in [0.1, 0.15) is 64.5 Å². The highest BCUT2D eigenvalue weighted by Gasteiger charge is 2.25. The fraction of sp³-hybridized carbons (Fsp3) is 0.667. The Kier molecular flexibility index (Phi) is 5.90. The standard InChI is InChI=1S/C18H29NO/c1-4-13-19-18(15-7-5-6-8-15)16-9-11-17(12-10-16)20-14(2)3/h9-12,14-15,18-19H,4-8,13H2,1-3H3. The van der Waals surface area contributed by atoms with Crippen LogP contribution in [0.25, 0.3) is 0 Å². The second-order valence-electron chi connectivity index (χ2n) is 6.21. The van der Waals surface area contributed by atoms with E-state index in [2.05, 4.69) is 50.4 Å². The summed E-state index contributed by atoms with van der Waals surface area (Å²) in [5.74, 6) is 1.78. The summed E-state index contributed by atoms with van der Waals surface area (Å²) in [5.41, 5.74) is 1.42. The molecule has 1 aromatic carbocycles. The van der Waals surface area contributed by atoms with Gasteiger partial charge in [0, 0.05) is 6.04 Å². The van der Waals surface area contributed by atoms with E-state index >= 15 is 0 Å². The molecule has 0 heterocycles. The fourth-order valence-corrected chi connectivity index (χ4v) is 3.17. The molecule has 0 bridgehead atoms. The first-order chi connectivity index (χ1) is 9.70. The molecule has 112 valence electrons. The maximum Gasteiger partial charge on any atom is 0.119 e. The Balaban J connectivity index is 2.06. The van der Waals surface area contributed by atoms with Crippen LogP contribution >= 0.6 is 0 Å². The van der Waals surface area contributed by atoms with Gasteiger partial charge in [-0.05, 0) is 63.3 Å². The highest BCUT2D eigenvalue weighted by atomic mass is 16.5. The molecule has 1 unspecified atom stereocenters. The summed E-state index contributed by atoms with van der Waals surface area (Å²) >= 11 is 0. The number of nitrogens with one attached hydrogen (secondary N) is 1.